The van der Waals surface area contributed by atoms with E-state index in [4.69, 9.17) is 9.47 Å². The van der Waals surface area contributed by atoms with Crippen molar-refractivity contribution in [3.63, 3.8) is 0 Å². The first-order chi connectivity index (χ1) is 13.7. The predicted octanol–water partition coefficient (Wildman–Crippen LogP) is 1.75. The normalized spacial score (nSPS) is 18.2. The Balaban J connectivity index is 1.96. The second-order valence-electron chi connectivity index (χ2n) is 7.45. The summed E-state index contributed by atoms with van der Waals surface area (Å²) in [6, 6.07) is 4.61. The minimum atomic E-state index is -3.78. The van der Waals surface area contributed by atoms with Gasteiger partial charge in [0.1, 0.15) is 22.2 Å². The summed E-state index contributed by atoms with van der Waals surface area (Å²) in [6.07, 6.45) is 1.46. The first-order valence-corrected chi connectivity index (χ1v) is 11.0. The quantitative estimate of drug-likeness (QED) is 0.701. The molecule has 0 saturated carbocycles. The molecule has 1 fully saturated rings. The minimum absolute atomic E-state index is 0.0557. The topological polar surface area (TPSA) is 95.7 Å². The lowest BCUT2D eigenvalue weighted by Gasteiger charge is -2.32. The summed E-state index contributed by atoms with van der Waals surface area (Å²) in [5.74, 6) is 1.24. The number of hydrogen-bond donors (Lipinski definition) is 0. The summed E-state index contributed by atoms with van der Waals surface area (Å²) in [7, 11) is 0.785. The van der Waals surface area contributed by atoms with Gasteiger partial charge in [-0.25, -0.2) is 17.9 Å². The maximum atomic E-state index is 13.3. The van der Waals surface area contributed by atoms with Gasteiger partial charge in [-0.1, -0.05) is 0 Å². The average Bonchev–Trinajstić information content (AvgIpc) is 3.02. The third-order valence-corrected chi connectivity index (χ3v) is 7.14. The molecule has 1 aromatic carbocycles. The lowest BCUT2D eigenvalue weighted by molar-refractivity contribution is 0.300. The predicted molar refractivity (Wildman–Crippen MR) is 108 cm³/mol. The van der Waals surface area contributed by atoms with Crippen LogP contribution in [0.1, 0.15) is 44.5 Å². The molecule has 2 heterocycles. The van der Waals surface area contributed by atoms with Crippen molar-refractivity contribution in [1.82, 2.24) is 18.7 Å². The van der Waals surface area contributed by atoms with Crippen LogP contribution >= 0.6 is 0 Å². The number of piperidine rings is 1. The third-order valence-electron chi connectivity index (χ3n) is 5.24. The Labute approximate surface area is 170 Å². The Hall–Kier alpha value is -2.33. The molecule has 0 amide bonds. The Morgan fingerprint density at radius 3 is 2.55 bits per heavy atom. The van der Waals surface area contributed by atoms with Gasteiger partial charge in [0.2, 0.25) is 10.0 Å². The van der Waals surface area contributed by atoms with Crippen LogP contribution in [-0.2, 0) is 17.1 Å². The molecule has 0 spiro atoms. The molecule has 3 rings (SSSR count). The molecular weight excluding hydrogens is 396 g/mol. The van der Waals surface area contributed by atoms with Crippen molar-refractivity contribution >= 4 is 10.0 Å². The highest BCUT2D eigenvalue weighted by atomic mass is 32.2. The smallest absolute Gasteiger partial charge is 0.345 e. The Morgan fingerprint density at radius 2 is 1.93 bits per heavy atom. The first kappa shape index (κ1) is 21.4. The molecule has 1 aliphatic heterocycles. The third kappa shape index (κ3) is 3.91. The van der Waals surface area contributed by atoms with E-state index in [0.717, 1.165) is 6.42 Å². The molecule has 0 aliphatic carbocycles. The van der Waals surface area contributed by atoms with Crippen molar-refractivity contribution in [2.24, 2.45) is 7.05 Å². The number of rotatable bonds is 6. The van der Waals surface area contributed by atoms with Gasteiger partial charge in [0.25, 0.3) is 0 Å². The number of aryl methyl sites for hydroxylation is 1. The van der Waals surface area contributed by atoms with E-state index in [9.17, 15) is 13.2 Å². The zero-order valence-electron chi connectivity index (χ0n) is 17.5. The van der Waals surface area contributed by atoms with Crippen LogP contribution in [0.15, 0.2) is 27.9 Å². The standard InChI is InChI=1S/C19H28N4O5S/c1-13(2)23-18(20-21(3)19(23)24)14-7-6-10-22(12-14)29(25,26)17-9-8-15(27-4)11-16(17)28-5/h8-9,11,13-14H,6-7,10,12H2,1-5H3. The Morgan fingerprint density at radius 1 is 1.21 bits per heavy atom. The van der Waals surface area contributed by atoms with Gasteiger partial charge in [-0.15, -0.1) is 0 Å². The highest BCUT2D eigenvalue weighted by Crippen LogP contribution is 2.34. The first-order valence-electron chi connectivity index (χ1n) is 9.58. The highest BCUT2D eigenvalue weighted by Gasteiger charge is 2.35. The van der Waals surface area contributed by atoms with Gasteiger partial charge in [-0.05, 0) is 38.8 Å². The van der Waals surface area contributed by atoms with Crippen LogP contribution in [0.2, 0.25) is 0 Å². The second kappa shape index (κ2) is 8.19. The van der Waals surface area contributed by atoms with E-state index in [2.05, 4.69) is 5.10 Å². The van der Waals surface area contributed by atoms with Crippen LogP contribution in [-0.4, -0.2) is 54.4 Å². The molecule has 1 aliphatic rings. The van der Waals surface area contributed by atoms with E-state index in [-0.39, 0.29) is 34.8 Å². The lowest BCUT2D eigenvalue weighted by Crippen LogP contribution is -2.40. The fraction of sp³-hybridized carbons (Fsp3) is 0.579. The molecule has 160 valence electrons. The number of benzene rings is 1. The Kier molecular flexibility index (Phi) is 6.04. The van der Waals surface area contributed by atoms with Crippen LogP contribution in [0.25, 0.3) is 0 Å². The van der Waals surface area contributed by atoms with E-state index >= 15 is 0 Å². The number of sulfonamides is 1. The molecule has 2 aromatic rings. The fourth-order valence-corrected chi connectivity index (χ4v) is 5.42. The largest absolute Gasteiger partial charge is 0.497 e. The molecule has 10 heteroatoms. The van der Waals surface area contributed by atoms with Gasteiger partial charge in [-0.2, -0.15) is 9.40 Å². The molecular formula is C19H28N4O5S. The molecule has 0 bridgehead atoms. The SMILES string of the molecule is COc1ccc(S(=O)(=O)N2CCCC(c3nn(C)c(=O)n3C(C)C)C2)c(OC)c1. The van der Waals surface area contributed by atoms with Crippen molar-refractivity contribution in [2.75, 3.05) is 27.3 Å². The average molecular weight is 425 g/mol. The maximum absolute atomic E-state index is 13.3. The van der Waals surface area contributed by atoms with E-state index in [1.807, 2.05) is 13.8 Å². The summed E-state index contributed by atoms with van der Waals surface area (Å²) < 4.78 is 41.6. The Bertz CT molecular complexity index is 1040. The van der Waals surface area contributed by atoms with Gasteiger partial charge < -0.3 is 9.47 Å². The van der Waals surface area contributed by atoms with Crippen LogP contribution in [0.3, 0.4) is 0 Å². The van der Waals surface area contributed by atoms with E-state index in [1.165, 1.54) is 29.3 Å². The van der Waals surface area contributed by atoms with Gasteiger partial charge in [0.15, 0.2) is 0 Å². The van der Waals surface area contributed by atoms with Crippen molar-refractivity contribution in [3.8, 4) is 11.5 Å². The summed E-state index contributed by atoms with van der Waals surface area (Å²) >= 11 is 0. The monoisotopic (exact) mass is 424 g/mol. The molecule has 1 atom stereocenters. The highest BCUT2D eigenvalue weighted by molar-refractivity contribution is 7.89. The summed E-state index contributed by atoms with van der Waals surface area (Å²) in [6.45, 7) is 4.52. The minimum Gasteiger partial charge on any atom is -0.497 e. The van der Waals surface area contributed by atoms with Gasteiger partial charge in [-0.3, -0.25) is 4.57 Å². The summed E-state index contributed by atoms with van der Waals surface area (Å²) in [5.41, 5.74) is -0.188. The molecule has 0 radical (unpaired) electrons. The number of nitrogens with zero attached hydrogens (tertiary/aromatic N) is 4. The van der Waals surface area contributed by atoms with Gasteiger partial charge in [0.05, 0.1) is 14.2 Å². The number of aromatic nitrogens is 3. The number of methoxy groups -OCH3 is 2. The lowest BCUT2D eigenvalue weighted by atomic mass is 9.98. The van der Waals surface area contributed by atoms with Crippen LogP contribution in [0.5, 0.6) is 11.5 Å². The second-order valence-corrected chi connectivity index (χ2v) is 9.35. The van der Waals surface area contributed by atoms with Crippen molar-refractivity contribution in [3.05, 3.63) is 34.5 Å². The molecule has 1 saturated heterocycles. The van der Waals surface area contributed by atoms with Gasteiger partial charge >= 0.3 is 5.69 Å². The van der Waals surface area contributed by atoms with Crippen LogP contribution in [0, 0.1) is 0 Å². The van der Waals surface area contributed by atoms with E-state index in [0.29, 0.717) is 24.5 Å². The van der Waals surface area contributed by atoms with E-state index in [1.54, 1.807) is 23.7 Å². The molecule has 9 nitrogen and oxygen atoms in total. The molecule has 1 aromatic heterocycles. The number of hydrogen-bond acceptors (Lipinski definition) is 6. The number of ether oxygens (including phenoxy) is 2. The fourth-order valence-electron chi connectivity index (χ4n) is 3.76. The maximum Gasteiger partial charge on any atom is 0.345 e. The van der Waals surface area contributed by atoms with Crippen LogP contribution in [0.4, 0.5) is 0 Å². The van der Waals surface area contributed by atoms with Crippen molar-refractivity contribution in [2.45, 2.75) is 43.5 Å². The molecule has 0 N–H and O–H groups in total. The van der Waals surface area contributed by atoms with Crippen LogP contribution < -0.4 is 15.2 Å². The zero-order valence-corrected chi connectivity index (χ0v) is 18.3. The molecule has 1 unspecified atom stereocenters. The van der Waals surface area contributed by atoms with Crippen molar-refractivity contribution < 1.29 is 17.9 Å². The summed E-state index contributed by atoms with van der Waals surface area (Å²) in [5, 5.41) is 4.41. The summed E-state index contributed by atoms with van der Waals surface area (Å²) in [4.78, 5) is 12.5. The molecule has 29 heavy (non-hydrogen) atoms. The van der Waals surface area contributed by atoms with Crippen molar-refractivity contribution in [1.29, 1.82) is 0 Å². The van der Waals surface area contributed by atoms with E-state index < -0.39 is 10.0 Å². The zero-order chi connectivity index (χ0) is 21.3. The van der Waals surface area contributed by atoms with Gasteiger partial charge in [0, 0.05) is 38.2 Å².